The summed E-state index contributed by atoms with van der Waals surface area (Å²) in [6, 6.07) is 10.3. The van der Waals surface area contributed by atoms with Crippen LogP contribution >= 0.6 is 0 Å². The van der Waals surface area contributed by atoms with E-state index in [2.05, 4.69) is 9.88 Å². The van der Waals surface area contributed by atoms with Crippen LogP contribution < -0.4 is 4.74 Å². The van der Waals surface area contributed by atoms with Crippen molar-refractivity contribution in [2.24, 2.45) is 0 Å². The van der Waals surface area contributed by atoms with E-state index in [1.807, 2.05) is 19.1 Å². The lowest BCUT2D eigenvalue weighted by Crippen LogP contribution is -2.30. The molecule has 3 rings (SSSR count). The fraction of sp³-hybridized carbons (Fsp3) is 0.476. The van der Waals surface area contributed by atoms with E-state index >= 15 is 0 Å². The third-order valence-electron chi connectivity index (χ3n) is 4.65. The summed E-state index contributed by atoms with van der Waals surface area (Å²) in [5.41, 5.74) is 2.63. The normalized spacial score (nSPS) is 15.3. The molecule has 4 heteroatoms. The van der Waals surface area contributed by atoms with E-state index in [0.29, 0.717) is 0 Å². The Morgan fingerprint density at radius 2 is 1.80 bits per heavy atom. The minimum absolute atomic E-state index is 0.235. The predicted octanol–water partition coefficient (Wildman–Crippen LogP) is 4.84. The molecule has 0 unspecified atom stereocenters. The first-order chi connectivity index (χ1) is 12.2. The van der Waals surface area contributed by atoms with Crippen molar-refractivity contribution < 1.29 is 9.13 Å². The van der Waals surface area contributed by atoms with Gasteiger partial charge in [0.2, 0.25) is 0 Å². The van der Waals surface area contributed by atoms with Gasteiger partial charge in [-0.25, -0.2) is 4.39 Å². The van der Waals surface area contributed by atoms with Crippen LogP contribution in [0.3, 0.4) is 0 Å². The lowest BCUT2D eigenvalue weighted by atomic mass is 10.1. The largest absolute Gasteiger partial charge is 0.493 e. The van der Waals surface area contributed by atoms with Crippen LogP contribution in [0.25, 0.3) is 11.3 Å². The van der Waals surface area contributed by atoms with Crippen LogP contribution in [-0.2, 0) is 0 Å². The summed E-state index contributed by atoms with van der Waals surface area (Å²) in [5, 5.41) is 0. The number of halogens is 1. The molecule has 0 atom stereocenters. The second-order valence-corrected chi connectivity index (χ2v) is 6.79. The van der Waals surface area contributed by atoms with Gasteiger partial charge in [-0.15, -0.1) is 0 Å². The van der Waals surface area contributed by atoms with Crippen molar-refractivity contribution >= 4 is 0 Å². The Bertz CT molecular complexity index is 666. The maximum Gasteiger partial charge on any atom is 0.123 e. The molecule has 0 spiro atoms. The van der Waals surface area contributed by atoms with Crippen molar-refractivity contribution in [1.82, 2.24) is 9.88 Å². The van der Waals surface area contributed by atoms with Crippen molar-refractivity contribution in [1.29, 1.82) is 0 Å². The second-order valence-electron chi connectivity index (χ2n) is 6.79. The molecule has 1 aliphatic heterocycles. The Kier molecular flexibility index (Phi) is 6.40. The molecular weight excluding hydrogens is 315 g/mol. The van der Waals surface area contributed by atoms with Gasteiger partial charge in [-0.05, 0) is 76.5 Å². The Morgan fingerprint density at radius 3 is 2.56 bits per heavy atom. The first kappa shape index (κ1) is 17.9. The Hall–Kier alpha value is -1.94. The zero-order chi connectivity index (χ0) is 17.5. The maximum atomic E-state index is 13.1. The number of rotatable bonds is 7. The summed E-state index contributed by atoms with van der Waals surface area (Å²) in [6.07, 6.45) is 6.31. The van der Waals surface area contributed by atoms with Gasteiger partial charge < -0.3 is 9.64 Å². The van der Waals surface area contributed by atoms with Crippen LogP contribution in [0.1, 0.15) is 37.8 Å². The van der Waals surface area contributed by atoms with E-state index in [0.717, 1.165) is 35.7 Å². The number of aromatic nitrogens is 1. The third kappa shape index (κ3) is 5.53. The maximum absolute atomic E-state index is 13.1. The molecule has 1 aromatic carbocycles. The number of piperidine rings is 1. The molecule has 0 saturated carbocycles. The summed E-state index contributed by atoms with van der Waals surface area (Å²) in [6.45, 7) is 6.37. The summed E-state index contributed by atoms with van der Waals surface area (Å²) < 4.78 is 19.0. The van der Waals surface area contributed by atoms with Gasteiger partial charge in [-0.2, -0.15) is 0 Å². The first-order valence-electron chi connectivity index (χ1n) is 9.30. The van der Waals surface area contributed by atoms with Gasteiger partial charge in [0, 0.05) is 23.4 Å². The Morgan fingerprint density at radius 1 is 1.04 bits per heavy atom. The number of hydrogen-bond acceptors (Lipinski definition) is 3. The minimum Gasteiger partial charge on any atom is -0.493 e. The number of benzene rings is 1. The van der Waals surface area contributed by atoms with Gasteiger partial charge in [0.25, 0.3) is 0 Å². The molecule has 1 aromatic heterocycles. The molecule has 134 valence electrons. The van der Waals surface area contributed by atoms with Crippen LogP contribution in [0, 0.1) is 12.7 Å². The lowest BCUT2D eigenvalue weighted by Gasteiger charge is -2.26. The number of aryl methyl sites for hydroxylation is 1. The zero-order valence-corrected chi connectivity index (χ0v) is 15.0. The molecule has 0 radical (unpaired) electrons. The number of nitrogens with zero attached hydrogens (tertiary/aromatic N) is 2. The van der Waals surface area contributed by atoms with Crippen molar-refractivity contribution in [3.05, 3.63) is 47.9 Å². The molecule has 2 heterocycles. The topological polar surface area (TPSA) is 25.4 Å². The fourth-order valence-corrected chi connectivity index (χ4v) is 3.30. The van der Waals surface area contributed by atoms with Crippen molar-refractivity contribution in [2.75, 3.05) is 26.2 Å². The van der Waals surface area contributed by atoms with Gasteiger partial charge in [0.05, 0.1) is 12.3 Å². The Labute approximate surface area is 149 Å². The smallest absolute Gasteiger partial charge is 0.123 e. The summed E-state index contributed by atoms with van der Waals surface area (Å²) in [7, 11) is 0. The van der Waals surface area contributed by atoms with Crippen LogP contribution in [0.15, 0.2) is 36.4 Å². The van der Waals surface area contributed by atoms with Gasteiger partial charge in [0.15, 0.2) is 0 Å². The number of hydrogen-bond donors (Lipinski definition) is 0. The minimum atomic E-state index is -0.235. The first-order valence-corrected chi connectivity index (χ1v) is 9.30. The van der Waals surface area contributed by atoms with Gasteiger partial charge >= 0.3 is 0 Å². The highest BCUT2D eigenvalue weighted by Gasteiger charge is 2.09. The molecule has 25 heavy (non-hydrogen) atoms. The van der Waals surface area contributed by atoms with Gasteiger partial charge in [-0.1, -0.05) is 6.42 Å². The van der Waals surface area contributed by atoms with Crippen LogP contribution in [-0.4, -0.2) is 36.1 Å². The molecule has 0 aliphatic carbocycles. The van der Waals surface area contributed by atoms with Gasteiger partial charge in [0.1, 0.15) is 11.6 Å². The van der Waals surface area contributed by atoms with E-state index in [4.69, 9.17) is 4.74 Å². The van der Waals surface area contributed by atoms with E-state index < -0.39 is 0 Å². The molecule has 1 fully saturated rings. The van der Waals surface area contributed by atoms with E-state index in [9.17, 15) is 4.39 Å². The quantitative estimate of drug-likeness (QED) is 0.673. The number of pyridine rings is 1. The SMILES string of the molecule is Cc1cc(OCCCCN2CCCCC2)cc(-c2ccc(F)cc2)n1. The Balaban J connectivity index is 1.49. The molecule has 0 bridgehead atoms. The number of ether oxygens (including phenoxy) is 1. The lowest BCUT2D eigenvalue weighted by molar-refractivity contribution is 0.216. The highest BCUT2D eigenvalue weighted by Crippen LogP contribution is 2.23. The van der Waals surface area contributed by atoms with Crippen molar-refractivity contribution in [3.8, 4) is 17.0 Å². The average molecular weight is 342 g/mol. The molecule has 2 aromatic rings. The molecule has 0 amide bonds. The van der Waals surface area contributed by atoms with Crippen LogP contribution in [0.4, 0.5) is 4.39 Å². The van der Waals surface area contributed by atoms with Crippen molar-refractivity contribution in [2.45, 2.75) is 39.0 Å². The summed E-state index contributed by atoms with van der Waals surface area (Å²) in [5.74, 6) is 0.603. The van der Waals surface area contributed by atoms with E-state index in [1.54, 1.807) is 12.1 Å². The summed E-state index contributed by atoms with van der Waals surface area (Å²) in [4.78, 5) is 7.09. The van der Waals surface area contributed by atoms with Crippen molar-refractivity contribution in [3.63, 3.8) is 0 Å². The monoisotopic (exact) mass is 342 g/mol. The number of unbranched alkanes of at least 4 members (excludes halogenated alkanes) is 1. The fourth-order valence-electron chi connectivity index (χ4n) is 3.30. The second kappa shape index (κ2) is 8.95. The highest BCUT2D eigenvalue weighted by molar-refractivity contribution is 5.61. The number of likely N-dealkylation sites (tertiary alicyclic amines) is 1. The van der Waals surface area contributed by atoms with E-state index in [-0.39, 0.29) is 5.82 Å². The van der Waals surface area contributed by atoms with E-state index in [1.165, 1.54) is 57.5 Å². The average Bonchev–Trinajstić information content (AvgIpc) is 2.62. The standard InChI is InChI=1S/C21H27FN2O/c1-17-15-20(16-21(23-17)18-7-9-19(22)10-8-18)25-14-6-5-13-24-11-3-2-4-12-24/h7-10,15-16H,2-6,11-14H2,1H3. The molecule has 0 N–H and O–H groups in total. The molecule has 3 nitrogen and oxygen atoms in total. The molecule has 1 saturated heterocycles. The third-order valence-corrected chi connectivity index (χ3v) is 4.65. The van der Waals surface area contributed by atoms with Crippen LogP contribution in [0.5, 0.6) is 5.75 Å². The highest BCUT2D eigenvalue weighted by atomic mass is 19.1. The van der Waals surface area contributed by atoms with Crippen LogP contribution in [0.2, 0.25) is 0 Å². The molecular formula is C21H27FN2O. The predicted molar refractivity (Wildman–Crippen MR) is 99.4 cm³/mol. The zero-order valence-electron chi connectivity index (χ0n) is 15.0. The molecule has 1 aliphatic rings. The summed E-state index contributed by atoms with van der Waals surface area (Å²) >= 11 is 0. The van der Waals surface area contributed by atoms with Gasteiger partial charge in [-0.3, -0.25) is 4.98 Å².